The van der Waals surface area contributed by atoms with Crippen molar-refractivity contribution in [1.29, 1.82) is 0 Å². The molecule has 0 radical (unpaired) electrons. The zero-order chi connectivity index (χ0) is 19.1. The molecule has 0 unspecified atom stereocenters. The van der Waals surface area contributed by atoms with Crippen LogP contribution in [-0.2, 0) is 0 Å². The molecule has 0 aliphatic heterocycles. The summed E-state index contributed by atoms with van der Waals surface area (Å²) in [6.07, 6.45) is 0.821. The number of amides is 2. The molecule has 26 heavy (non-hydrogen) atoms. The van der Waals surface area contributed by atoms with Gasteiger partial charge in [0.15, 0.2) is 23.1 Å². The lowest BCUT2D eigenvalue weighted by Crippen LogP contribution is -2.41. The maximum atomic E-state index is 13.1. The first kappa shape index (κ1) is 19.2. The monoisotopic (exact) mass is 364 g/mol. The largest absolute Gasteiger partial charge is 0.493 e. The molecule has 0 heterocycles. The van der Waals surface area contributed by atoms with Gasteiger partial charge in [-0.3, -0.25) is 20.4 Å². The summed E-state index contributed by atoms with van der Waals surface area (Å²) >= 11 is 0. The van der Waals surface area contributed by atoms with Gasteiger partial charge in [0.05, 0.1) is 13.7 Å². The standard InChI is InChI=1S/C18H18F2N2O4/c1-3-8-26-15-7-5-12(10-16(15)25-2)18(24)22-21-17(23)11-4-6-13(19)14(20)9-11/h4-7,9-10H,3,8H2,1-2H3,(H,21,23)(H,22,24). The van der Waals surface area contributed by atoms with Gasteiger partial charge < -0.3 is 9.47 Å². The van der Waals surface area contributed by atoms with Crippen LogP contribution in [0.1, 0.15) is 34.1 Å². The van der Waals surface area contributed by atoms with E-state index < -0.39 is 23.4 Å². The van der Waals surface area contributed by atoms with E-state index in [0.29, 0.717) is 18.1 Å². The lowest BCUT2D eigenvalue weighted by molar-refractivity contribution is 0.0846. The minimum atomic E-state index is -1.16. The number of benzene rings is 2. The first-order chi connectivity index (χ1) is 12.5. The van der Waals surface area contributed by atoms with Crippen LogP contribution in [0.4, 0.5) is 8.78 Å². The second-order valence-corrected chi connectivity index (χ2v) is 5.25. The fourth-order valence-electron chi connectivity index (χ4n) is 2.04. The van der Waals surface area contributed by atoms with Crippen LogP contribution in [0.15, 0.2) is 36.4 Å². The lowest BCUT2D eigenvalue weighted by atomic mass is 10.2. The Balaban J connectivity index is 2.02. The van der Waals surface area contributed by atoms with Crippen LogP contribution < -0.4 is 20.3 Å². The molecule has 0 atom stereocenters. The van der Waals surface area contributed by atoms with Crippen molar-refractivity contribution in [3.63, 3.8) is 0 Å². The summed E-state index contributed by atoms with van der Waals surface area (Å²) in [6.45, 7) is 2.47. The summed E-state index contributed by atoms with van der Waals surface area (Å²) in [5, 5.41) is 0. The van der Waals surface area contributed by atoms with Crippen LogP contribution in [0, 0.1) is 11.6 Å². The second kappa shape index (κ2) is 8.80. The number of nitrogens with one attached hydrogen (secondary N) is 2. The van der Waals surface area contributed by atoms with E-state index in [9.17, 15) is 18.4 Å². The molecule has 0 bridgehead atoms. The van der Waals surface area contributed by atoms with Crippen LogP contribution in [-0.4, -0.2) is 25.5 Å². The van der Waals surface area contributed by atoms with Crippen LogP contribution in [0.5, 0.6) is 11.5 Å². The SMILES string of the molecule is CCCOc1ccc(C(=O)NNC(=O)c2ccc(F)c(F)c2)cc1OC. The highest BCUT2D eigenvalue weighted by molar-refractivity contribution is 5.99. The summed E-state index contributed by atoms with van der Waals surface area (Å²) in [5.74, 6) is -2.75. The molecule has 0 saturated heterocycles. The molecule has 6 nitrogen and oxygen atoms in total. The van der Waals surface area contributed by atoms with Crippen molar-refractivity contribution in [2.45, 2.75) is 13.3 Å². The summed E-state index contributed by atoms with van der Waals surface area (Å²) in [6, 6.07) is 7.21. The fraction of sp³-hybridized carbons (Fsp3) is 0.222. The molecule has 0 spiro atoms. The number of rotatable bonds is 6. The molecule has 0 aromatic heterocycles. The van der Waals surface area contributed by atoms with E-state index in [1.165, 1.54) is 19.2 Å². The average molecular weight is 364 g/mol. The highest BCUT2D eigenvalue weighted by atomic mass is 19.2. The average Bonchev–Trinajstić information content (AvgIpc) is 2.66. The van der Waals surface area contributed by atoms with E-state index >= 15 is 0 Å². The Morgan fingerprint density at radius 1 is 0.923 bits per heavy atom. The van der Waals surface area contributed by atoms with Gasteiger partial charge in [-0.05, 0) is 42.8 Å². The summed E-state index contributed by atoms with van der Waals surface area (Å²) in [4.78, 5) is 24.0. The molecular formula is C18H18F2N2O4. The first-order valence-electron chi connectivity index (χ1n) is 7.82. The first-order valence-corrected chi connectivity index (χ1v) is 7.82. The van der Waals surface area contributed by atoms with Gasteiger partial charge in [0.1, 0.15) is 0 Å². The van der Waals surface area contributed by atoms with Crippen LogP contribution >= 0.6 is 0 Å². The van der Waals surface area contributed by atoms with Gasteiger partial charge in [0.2, 0.25) is 0 Å². The fourth-order valence-corrected chi connectivity index (χ4v) is 2.04. The Morgan fingerprint density at radius 2 is 1.54 bits per heavy atom. The normalized spacial score (nSPS) is 10.2. The smallest absolute Gasteiger partial charge is 0.269 e. The number of hydrogen-bond donors (Lipinski definition) is 2. The van der Waals surface area contributed by atoms with Gasteiger partial charge >= 0.3 is 0 Å². The maximum absolute atomic E-state index is 13.1. The number of hydrogen-bond acceptors (Lipinski definition) is 4. The third kappa shape index (κ3) is 4.69. The molecule has 0 aliphatic carbocycles. The Morgan fingerprint density at radius 3 is 2.12 bits per heavy atom. The Bertz CT molecular complexity index is 812. The van der Waals surface area contributed by atoms with E-state index in [4.69, 9.17) is 9.47 Å². The summed E-state index contributed by atoms with van der Waals surface area (Å²) < 4.78 is 36.7. The molecule has 2 N–H and O–H groups in total. The van der Waals surface area contributed by atoms with Gasteiger partial charge in [-0.2, -0.15) is 0 Å². The molecule has 0 saturated carbocycles. The molecule has 2 aromatic carbocycles. The van der Waals surface area contributed by atoms with E-state index in [1.807, 2.05) is 6.92 Å². The number of ether oxygens (including phenoxy) is 2. The van der Waals surface area contributed by atoms with Gasteiger partial charge in [0.25, 0.3) is 11.8 Å². The molecule has 8 heteroatoms. The Hall–Kier alpha value is -3.16. The number of methoxy groups -OCH3 is 1. The highest BCUT2D eigenvalue weighted by Crippen LogP contribution is 2.28. The molecule has 0 aliphatic rings. The van der Waals surface area contributed by atoms with Crippen molar-refractivity contribution in [1.82, 2.24) is 10.9 Å². The number of carbonyl (C=O) groups is 2. The third-order valence-electron chi connectivity index (χ3n) is 3.36. The van der Waals surface area contributed by atoms with Gasteiger partial charge in [-0.1, -0.05) is 6.92 Å². The maximum Gasteiger partial charge on any atom is 0.269 e. The molecular weight excluding hydrogens is 346 g/mol. The molecule has 2 rings (SSSR count). The minimum absolute atomic E-state index is 0.134. The number of hydrazine groups is 1. The Labute approximate surface area is 149 Å². The topological polar surface area (TPSA) is 76.7 Å². The zero-order valence-electron chi connectivity index (χ0n) is 14.3. The van der Waals surface area contributed by atoms with Crippen molar-refractivity contribution in [2.75, 3.05) is 13.7 Å². The van der Waals surface area contributed by atoms with E-state index in [0.717, 1.165) is 24.6 Å². The van der Waals surface area contributed by atoms with Crippen LogP contribution in [0.3, 0.4) is 0 Å². The van der Waals surface area contributed by atoms with Gasteiger partial charge in [0, 0.05) is 11.1 Å². The van der Waals surface area contributed by atoms with Crippen molar-refractivity contribution >= 4 is 11.8 Å². The van der Waals surface area contributed by atoms with Gasteiger partial charge in [-0.25, -0.2) is 8.78 Å². The summed E-state index contributed by atoms with van der Waals surface area (Å²) in [5.41, 5.74) is 4.41. The number of carbonyl (C=O) groups excluding carboxylic acids is 2. The second-order valence-electron chi connectivity index (χ2n) is 5.25. The zero-order valence-corrected chi connectivity index (χ0v) is 14.3. The number of halogens is 2. The molecule has 138 valence electrons. The van der Waals surface area contributed by atoms with Crippen molar-refractivity contribution in [3.05, 3.63) is 59.2 Å². The van der Waals surface area contributed by atoms with Crippen molar-refractivity contribution in [3.8, 4) is 11.5 Å². The molecule has 2 amide bonds. The summed E-state index contributed by atoms with van der Waals surface area (Å²) in [7, 11) is 1.45. The Kier molecular flexibility index (Phi) is 6.48. The minimum Gasteiger partial charge on any atom is -0.493 e. The van der Waals surface area contributed by atoms with E-state index in [1.54, 1.807) is 6.07 Å². The van der Waals surface area contributed by atoms with Gasteiger partial charge in [-0.15, -0.1) is 0 Å². The molecule has 0 fully saturated rings. The third-order valence-corrected chi connectivity index (χ3v) is 3.36. The predicted molar refractivity (Wildman–Crippen MR) is 90.1 cm³/mol. The lowest BCUT2D eigenvalue weighted by Gasteiger charge is -2.12. The van der Waals surface area contributed by atoms with Crippen molar-refractivity contribution in [2.24, 2.45) is 0 Å². The quantitative estimate of drug-likeness (QED) is 0.773. The molecule has 2 aromatic rings. The van der Waals surface area contributed by atoms with Crippen LogP contribution in [0.2, 0.25) is 0 Å². The highest BCUT2D eigenvalue weighted by Gasteiger charge is 2.14. The van der Waals surface area contributed by atoms with E-state index in [2.05, 4.69) is 10.9 Å². The predicted octanol–water partition coefficient (Wildman–Crippen LogP) is 2.84. The van der Waals surface area contributed by atoms with Crippen molar-refractivity contribution < 1.29 is 27.8 Å². The van der Waals surface area contributed by atoms with Crippen LogP contribution in [0.25, 0.3) is 0 Å². The van der Waals surface area contributed by atoms with E-state index in [-0.39, 0.29) is 11.1 Å².